The smallest absolute Gasteiger partial charge is 0.165 e. The van der Waals surface area contributed by atoms with Gasteiger partial charge in [-0.1, -0.05) is 6.07 Å². The molecule has 1 aliphatic rings. The first-order chi connectivity index (χ1) is 8.68. The van der Waals surface area contributed by atoms with Crippen LogP contribution in [0.2, 0.25) is 0 Å². The number of benzene rings is 1. The van der Waals surface area contributed by atoms with Crippen LogP contribution in [0.25, 0.3) is 0 Å². The van der Waals surface area contributed by atoms with Crippen LogP contribution in [0.3, 0.4) is 0 Å². The molecule has 0 aromatic heterocycles. The Hall–Kier alpha value is -1.42. The topological polar surface area (TPSA) is 35.5 Å². The van der Waals surface area contributed by atoms with E-state index in [-0.39, 0.29) is 11.5 Å². The van der Waals surface area contributed by atoms with Gasteiger partial charge < -0.3 is 9.47 Å². The maximum atomic E-state index is 13.7. The molecule has 0 bridgehead atoms. The molecule has 0 spiro atoms. The van der Waals surface area contributed by atoms with Crippen LogP contribution in [-0.4, -0.2) is 25.6 Å². The van der Waals surface area contributed by atoms with Gasteiger partial charge in [0.2, 0.25) is 0 Å². The first-order valence-corrected chi connectivity index (χ1v) is 6.18. The number of carbonyl (C=O) groups is 1. The molecular weight excluding hydrogens is 235 g/mol. The highest BCUT2D eigenvalue weighted by Crippen LogP contribution is 2.25. The van der Waals surface area contributed by atoms with Gasteiger partial charge in [-0.25, -0.2) is 4.39 Å². The van der Waals surface area contributed by atoms with Crippen LogP contribution in [0.15, 0.2) is 18.2 Å². The van der Waals surface area contributed by atoms with Crippen LogP contribution in [0.5, 0.6) is 5.75 Å². The van der Waals surface area contributed by atoms with Crippen LogP contribution >= 0.6 is 0 Å². The molecule has 1 saturated heterocycles. The standard InChI is InChI=1S/C14H17FO3/c1-10(16)12-3-2-4-13(15)14(12)18-9-11-5-7-17-8-6-11/h2-4,11H,5-9H2,1H3. The van der Waals surface area contributed by atoms with E-state index in [9.17, 15) is 9.18 Å². The average molecular weight is 252 g/mol. The average Bonchev–Trinajstić information content (AvgIpc) is 2.38. The number of carbonyl (C=O) groups excluding carboxylic acids is 1. The van der Waals surface area contributed by atoms with E-state index < -0.39 is 5.82 Å². The number of hydrogen-bond acceptors (Lipinski definition) is 3. The lowest BCUT2D eigenvalue weighted by atomic mass is 10.0. The summed E-state index contributed by atoms with van der Waals surface area (Å²) in [6, 6.07) is 4.42. The summed E-state index contributed by atoms with van der Waals surface area (Å²) in [5.41, 5.74) is 0.307. The summed E-state index contributed by atoms with van der Waals surface area (Å²) in [7, 11) is 0. The Morgan fingerprint density at radius 3 is 2.83 bits per heavy atom. The number of para-hydroxylation sites is 1. The van der Waals surface area contributed by atoms with Gasteiger partial charge in [0.15, 0.2) is 17.3 Å². The fourth-order valence-corrected chi connectivity index (χ4v) is 2.05. The van der Waals surface area contributed by atoms with Crippen LogP contribution < -0.4 is 4.74 Å². The van der Waals surface area contributed by atoms with E-state index in [2.05, 4.69) is 0 Å². The Morgan fingerprint density at radius 2 is 2.17 bits per heavy atom. The summed E-state index contributed by atoms with van der Waals surface area (Å²) < 4.78 is 24.4. The van der Waals surface area contributed by atoms with Gasteiger partial charge in [0, 0.05) is 13.2 Å². The molecule has 0 saturated carbocycles. The monoisotopic (exact) mass is 252 g/mol. The van der Waals surface area contributed by atoms with Crippen molar-refractivity contribution >= 4 is 5.78 Å². The zero-order chi connectivity index (χ0) is 13.0. The minimum atomic E-state index is -0.477. The number of ketones is 1. The lowest BCUT2D eigenvalue weighted by molar-refractivity contribution is 0.0489. The second-order valence-electron chi connectivity index (χ2n) is 4.54. The van der Waals surface area contributed by atoms with Gasteiger partial charge in [0.25, 0.3) is 0 Å². The Bertz CT molecular complexity index is 425. The third kappa shape index (κ3) is 3.07. The Balaban J connectivity index is 2.05. The summed E-state index contributed by atoms with van der Waals surface area (Å²) in [4.78, 5) is 11.4. The van der Waals surface area contributed by atoms with E-state index in [1.54, 1.807) is 6.07 Å². The van der Waals surface area contributed by atoms with Gasteiger partial charge in [0.1, 0.15) is 0 Å². The molecule has 1 aliphatic heterocycles. The molecule has 4 heteroatoms. The maximum Gasteiger partial charge on any atom is 0.165 e. The predicted molar refractivity (Wildman–Crippen MR) is 65.4 cm³/mol. The van der Waals surface area contributed by atoms with Crippen molar-refractivity contribution in [1.82, 2.24) is 0 Å². The highest BCUT2D eigenvalue weighted by atomic mass is 19.1. The van der Waals surface area contributed by atoms with Crippen molar-refractivity contribution in [1.29, 1.82) is 0 Å². The third-order valence-corrected chi connectivity index (χ3v) is 3.15. The lowest BCUT2D eigenvalue weighted by Gasteiger charge is -2.22. The van der Waals surface area contributed by atoms with Gasteiger partial charge in [-0.2, -0.15) is 0 Å². The summed E-state index contributed by atoms with van der Waals surface area (Å²) in [5.74, 6) is -0.208. The minimum Gasteiger partial charge on any atom is -0.489 e. The summed E-state index contributed by atoms with van der Waals surface area (Å²) in [6.07, 6.45) is 1.84. The van der Waals surface area contributed by atoms with E-state index in [0.717, 1.165) is 26.1 Å². The van der Waals surface area contributed by atoms with Crippen molar-refractivity contribution in [2.75, 3.05) is 19.8 Å². The normalized spacial score (nSPS) is 16.6. The molecule has 1 fully saturated rings. The van der Waals surface area contributed by atoms with E-state index in [1.807, 2.05) is 0 Å². The van der Waals surface area contributed by atoms with E-state index >= 15 is 0 Å². The highest BCUT2D eigenvalue weighted by molar-refractivity contribution is 5.96. The molecule has 0 atom stereocenters. The first kappa shape index (κ1) is 13.0. The third-order valence-electron chi connectivity index (χ3n) is 3.15. The second-order valence-corrected chi connectivity index (χ2v) is 4.54. The number of ether oxygens (including phenoxy) is 2. The number of rotatable bonds is 4. The predicted octanol–water partition coefficient (Wildman–Crippen LogP) is 2.83. The Labute approximate surface area is 106 Å². The molecule has 1 heterocycles. The number of Topliss-reactive ketones (excluding diaryl/α,β-unsaturated/α-hetero) is 1. The fourth-order valence-electron chi connectivity index (χ4n) is 2.05. The molecule has 18 heavy (non-hydrogen) atoms. The second kappa shape index (κ2) is 5.96. The van der Waals surface area contributed by atoms with Crippen LogP contribution in [0.4, 0.5) is 4.39 Å². The van der Waals surface area contributed by atoms with Crippen molar-refractivity contribution in [2.45, 2.75) is 19.8 Å². The van der Waals surface area contributed by atoms with Crippen LogP contribution in [0.1, 0.15) is 30.1 Å². The SMILES string of the molecule is CC(=O)c1cccc(F)c1OCC1CCOCC1. The van der Waals surface area contributed by atoms with Crippen molar-refractivity contribution in [3.05, 3.63) is 29.6 Å². The molecule has 0 radical (unpaired) electrons. The molecule has 0 amide bonds. The zero-order valence-corrected chi connectivity index (χ0v) is 10.4. The minimum absolute atomic E-state index is 0.0801. The maximum absolute atomic E-state index is 13.7. The zero-order valence-electron chi connectivity index (χ0n) is 10.4. The molecule has 0 N–H and O–H groups in total. The molecule has 1 aromatic rings. The Kier molecular flexibility index (Phi) is 4.31. The van der Waals surface area contributed by atoms with Gasteiger partial charge in [-0.3, -0.25) is 4.79 Å². The van der Waals surface area contributed by atoms with Crippen LogP contribution in [0, 0.1) is 11.7 Å². The van der Waals surface area contributed by atoms with Crippen molar-refractivity contribution in [3.63, 3.8) is 0 Å². The molecule has 1 aromatic carbocycles. The van der Waals surface area contributed by atoms with Gasteiger partial charge >= 0.3 is 0 Å². The molecule has 2 rings (SSSR count). The molecular formula is C14H17FO3. The lowest BCUT2D eigenvalue weighted by Crippen LogP contribution is -2.22. The molecule has 0 aliphatic carbocycles. The highest BCUT2D eigenvalue weighted by Gasteiger charge is 2.18. The molecule has 98 valence electrons. The van der Waals surface area contributed by atoms with E-state index in [4.69, 9.17) is 9.47 Å². The summed E-state index contributed by atoms with van der Waals surface area (Å²) in [5, 5.41) is 0. The number of halogens is 1. The largest absolute Gasteiger partial charge is 0.489 e. The van der Waals surface area contributed by atoms with Crippen molar-refractivity contribution in [2.24, 2.45) is 5.92 Å². The quantitative estimate of drug-likeness (QED) is 0.773. The van der Waals surface area contributed by atoms with E-state index in [0.29, 0.717) is 18.1 Å². The van der Waals surface area contributed by atoms with Gasteiger partial charge in [-0.05, 0) is 37.8 Å². The van der Waals surface area contributed by atoms with Crippen LogP contribution in [-0.2, 0) is 4.74 Å². The molecule has 0 unspecified atom stereocenters. The molecule has 3 nitrogen and oxygen atoms in total. The van der Waals surface area contributed by atoms with Gasteiger partial charge in [-0.15, -0.1) is 0 Å². The summed E-state index contributed by atoms with van der Waals surface area (Å²) in [6.45, 7) is 3.30. The first-order valence-electron chi connectivity index (χ1n) is 6.18. The number of hydrogen-bond donors (Lipinski definition) is 0. The van der Waals surface area contributed by atoms with E-state index in [1.165, 1.54) is 19.1 Å². The van der Waals surface area contributed by atoms with Gasteiger partial charge in [0.05, 0.1) is 12.2 Å². The Morgan fingerprint density at radius 1 is 1.44 bits per heavy atom. The van der Waals surface area contributed by atoms with Crippen molar-refractivity contribution < 1.29 is 18.7 Å². The fraction of sp³-hybridized carbons (Fsp3) is 0.500. The van der Waals surface area contributed by atoms with Crippen molar-refractivity contribution in [3.8, 4) is 5.75 Å². The summed E-state index contributed by atoms with van der Waals surface area (Å²) >= 11 is 0.